The van der Waals surface area contributed by atoms with Crippen molar-refractivity contribution in [3.8, 4) is 0 Å². The molecule has 3 rings (SSSR count). The van der Waals surface area contributed by atoms with Crippen LogP contribution in [0.5, 0.6) is 0 Å². The lowest BCUT2D eigenvalue weighted by Gasteiger charge is -2.34. The van der Waals surface area contributed by atoms with Crippen LogP contribution >= 0.6 is 23.2 Å². The second-order valence-electron chi connectivity index (χ2n) is 5.22. The van der Waals surface area contributed by atoms with E-state index in [9.17, 15) is 8.78 Å². The Morgan fingerprint density at radius 3 is 2.41 bits per heavy atom. The fraction of sp³-hybridized carbons (Fsp3) is 0.111. The molecule has 0 fully saturated rings. The van der Waals surface area contributed by atoms with E-state index in [0.29, 0.717) is 21.2 Å². The highest BCUT2D eigenvalue weighted by Crippen LogP contribution is 2.45. The third-order valence-electron chi connectivity index (χ3n) is 3.87. The van der Waals surface area contributed by atoms with Crippen molar-refractivity contribution in [3.63, 3.8) is 0 Å². The van der Waals surface area contributed by atoms with Crippen molar-refractivity contribution >= 4 is 23.2 Å². The summed E-state index contributed by atoms with van der Waals surface area (Å²) in [5, 5.41) is 0.864. The van der Waals surface area contributed by atoms with Gasteiger partial charge in [0.1, 0.15) is 11.6 Å². The van der Waals surface area contributed by atoms with E-state index >= 15 is 0 Å². The van der Waals surface area contributed by atoms with Crippen LogP contribution < -0.4 is 0 Å². The summed E-state index contributed by atoms with van der Waals surface area (Å²) >= 11 is 12.3. The maximum Gasteiger partial charge on any atom is 0.127 e. The predicted octanol–water partition coefficient (Wildman–Crippen LogP) is 6.23. The molecule has 0 saturated carbocycles. The highest BCUT2D eigenvalue weighted by Gasteiger charge is 2.38. The zero-order chi connectivity index (χ0) is 15.7. The van der Waals surface area contributed by atoms with Gasteiger partial charge in [0, 0.05) is 27.4 Å². The van der Waals surface area contributed by atoms with Crippen LogP contribution in [0.3, 0.4) is 0 Å². The molecule has 0 aliphatic heterocycles. The first kappa shape index (κ1) is 15.3. The van der Waals surface area contributed by atoms with Crippen LogP contribution in [0.25, 0.3) is 0 Å². The van der Waals surface area contributed by atoms with Crippen molar-refractivity contribution in [2.75, 3.05) is 0 Å². The first-order chi connectivity index (χ1) is 10.5. The lowest BCUT2D eigenvalue weighted by Crippen LogP contribution is -2.28. The third kappa shape index (κ3) is 2.57. The van der Waals surface area contributed by atoms with E-state index < -0.39 is 11.2 Å². The highest BCUT2D eigenvalue weighted by molar-refractivity contribution is 6.35. The van der Waals surface area contributed by atoms with Gasteiger partial charge in [-0.1, -0.05) is 59.6 Å². The summed E-state index contributed by atoms with van der Waals surface area (Å²) in [5.41, 5.74) is 0.0353. The lowest BCUT2D eigenvalue weighted by atomic mass is 9.70. The van der Waals surface area contributed by atoms with Gasteiger partial charge in [-0.3, -0.25) is 0 Å². The highest BCUT2D eigenvalue weighted by atomic mass is 35.5. The number of hydrogen-bond acceptors (Lipinski definition) is 0. The van der Waals surface area contributed by atoms with Gasteiger partial charge in [-0.25, -0.2) is 8.78 Å². The Hall–Kier alpha value is -1.64. The third-order valence-corrected chi connectivity index (χ3v) is 4.42. The summed E-state index contributed by atoms with van der Waals surface area (Å²) in [4.78, 5) is 0. The largest absolute Gasteiger partial charge is 0.212 e. The minimum Gasteiger partial charge on any atom is -0.212 e. The Bertz CT molecular complexity index is 780. The molecular formula is C18H12Cl2F2. The average molecular weight is 337 g/mol. The number of allylic oxidation sites excluding steroid dienone is 4. The van der Waals surface area contributed by atoms with E-state index in [2.05, 4.69) is 0 Å². The molecule has 0 heterocycles. The molecule has 4 heteroatoms. The molecular weight excluding hydrogens is 325 g/mol. The molecule has 2 aromatic rings. The fourth-order valence-electron chi connectivity index (χ4n) is 2.89. The summed E-state index contributed by atoms with van der Waals surface area (Å²) in [6.07, 6.45) is 4.77. The van der Waals surface area contributed by atoms with Gasteiger partial charge in [0.2, 0.25) is 0 Å². The van der Waals surface area contributed by atoms with Crippen LogP contribution in [-0.2, 0) is 5.41 Å². The number of halogens is 4. The van der Waals surface area contributed by atoms with Crippen molar-refractivity contribution in [2.24, 2.45) is 0 Å². The Labute approximate surface area is 137 Å². The number of benzene rings is 2. The van der Waals surface area contributed by atoms with Crippen LogP contribution in [-0.4, -0.2) is 0 Å². The van der Waals surface area contributed by atoms with E-state index in [1.54, 1.807) is 48.6 Å². The molecule has 0 aromatic heterocycles. The van der Waals surface area contributed by atoms with Crippen molar-refractivity contribution in [3.05, 3.63) is 93.5 Å². The molecule has 0 N–H and O–H groups in total. The SMILES string of the molecule is FC1=CC=C[C@](c2ccccc2F)(c2ccc(Cl)cc2Cl)C1. The van der Waals surface area contributed by atoms with E-state index in [1.165, 1.54) is 12.1 Å². The molecule has 2 aromatic carbocycles. The second kappa shape index (κ2) is 5.86. The van der Waals surface area contributed by atoms with Gasteiger partial charge in [-0.2, -0.15) is 0 Å². The molecule has 1 atom stereocenters. The normalized spacial score (nSPS) is 20.8. The first-order valence-electron chi connectivity index (χ1n) is 6.77. The van der Waals surface area contributed by atoms with Crippen molar-refractivity contribution in [1.29, 1.82) is 0 Å². The standard InChI is InChI=1S/C18H12Cl2F2/c19-12-7-8-14(16(20)10-12)18(9-3-4-13(21)11-18)15-5-1-2-6-17(15)22/h1-10H,11H2/t18-/m1/s1. The maximum absolute atomic E-state index is 14.4. The van der Waals surface area contributed by atoms with Crippen molar-refractivity contribution in [2.45, 2.75) is 11.8 Å². The lowest BCUT2D eigenvalue weighted by molar-refractivity contribution is 0.484. The smallest absolute Gasteiger partial charge is 0.127 e. The maximum atomic E-state index is 14.4. The monoisotopic (exact) mass is 336 g/mol. The summed E-state index contributed by atoms with van der Waals surface area (Å²) in [6, 6.07) is 11.3. The molecule has 0 nitrogen and oxygen atoms in total. The molecule has 0 bridgehead atoms. The zero-order valence-electron chi connectivity index (χ0n) is 11.5. The van der Waals surface area contributed by atoms with Crippen LogP contribution in [0.4, 0.5) is 8.78 Å². The van der Waals surface area contributed by atoms with Gasteiger partial charge in [-0.15, -0.1) is 0 Å². The molecule has 22 heavy (non-hydrogen) atoms. The van der Waals surface area contributed by atoms with Crippen LogP contribution in [0.2, 0.25) is 10.0 Å². The zero-order valence-corrected chi connectivity index (χ0v) is 13.0. The molecule has 1 aliphatic carbocycles. The summed E-state index contributed by atoms with van der Waals surface area (Å²) in [7, 11) is 0. The Kier molecular flexibility index (Phi) is 4.07. The Morgan fingerprint density at radius 1 is 0.955 bits per heavy atom. The molecule has 1 aliphatic rings. The van der Waals surface area contributed by atoms with Crippen molar-refractivity contribution < 1.29 is 8.78 Å². The minimum absolute atomic E-state index is 0.0196. The first-order valence-corrected chi connectivity index (χ1v) is 7.53. The Morgan fingerprint density at radius 2 is 1.73 bits per heavy atom. The quantitative estimate of drug-likeness (QED) is 0.609. The molecule has 0 unspecified atom stereocenters. The van der Waals surface area contributed by atoms with Gasteiger partial charge in [0.25, 0.3) is 0 Å². The topological polar surface area (TPSA) is 0 Å². The number of rotatable bonds is 2. The van der Waals surface area contributed by atoms with Gasteiger partial charge >= 0.3 is 0 Å². The van der Waals surface area contributed by atoms with Crippen LogP contribution in [0.15, 0.2) is 66.5 Å². The van der Waals surface area contributed by atoms with Crippen LogP contribution in [0.1, 0.15) is 17.5 Å². The molecule has 0 saturated heterocycles. The molecule has 112 valence electrons. The second-order valence-corrected chi connectivity index (χ2v) is 6.07. The number of hydrogen-bond donors (Lipinski definition) is 0. The summed E-state index contributed by atoms with van der Waals surface area (Å²) in [5.74, 6) is -0.718. The minimum atomic E-state index is -0.980. The Balaban J connectivity index is 2.27. The van der Waals surface area contributed by atoms with Gasteiger partial charge in [0.05, 0.1) is 0 Å². The van der Waals surface area contributed by atoms with E-state index in [4.69, 9.17) is 23.2 Å². The van der Waals surface area contributed by atoms with Gasteiger partial charge in [0.15, 0.2) is 0 Å². The molecule has 0 spiro atoms. The molecule has 0 radical (unpaired) electrons. The predicted molar refractivity (Wildman–Crippen MR) is 86.6 cm³/mol. The fourth-order valence-corrected chi connectivity index (χ4v) is 3.47. The van der Waals surface area contributed by atoms with Crippen LogP contribution in [0, 0.1) is 5.82 Å². The van der Waals surface area contributed by atoms with E-state index in [-0.39, 0.29) is 12.2 Å². The van der Waals surface area contributed by atoms with Gasteiger partial charge < -0.3 is 0 Å². The average Bonchev–Trinajstić information content (AvgIpc) is 2.47. The van der Waals surface area contributed by atoms with E-state index in [0.717, 1.165) is 0 Å². The summed E-state index contributed by atoms with van der Waals surface area (Å²) in [6.45, 7) is 0. The van der Waals surface area contributed by atoms with Crippen molar-refractivity contribution in [1.82, 2.24) is 0 Å². The molecule has 0 amide bonds. The van der Waals surface area contributed by atoms with E-state index in [1.807, 2.05) is 0 Å². The van der Waals surface area contributed by atoms with Gasteiger partial charge in [-0.05, 0) is 29.8 Å². The summed E-state index contributed by atoms with van der Waals surface area (Å²) < 4.78 is 28.4.